The average molecular weight is 513 g/mol. The quantitative estimate of drug-likeness (QED) is 0.134. The van der Waals surface area contributed by atoms with Gasteiger partial charge in [0.05, 0.1) is 19.3 Å². The molecular weight excluding hydrogens is 482 g/mol. The number of nitrogens with two attached hydrogens (primary N) is 2. The van der Waals surface area contributed by atoms with Crippen molar-refractivity contribution in [3.8, 4) is 17.2 Å². The first-order valence-corrected chi connectivity index (χ1v) is 11.7. The van der Waals surface area contributed by atoms with E-state index in [2.05, 4.69) is 0 Å². The van der Waals surface area contributed by atoms with Gasteiger partial charge in [-0.3, -0.25) is 0 Å². The molecule has 4 N–H and O–H groups in total. The summed E-state index contributed by atoms with van der Waals surface area (Å²) in [7, 11) is 1.43. The molecule has 0 aliphatic heterocycles. The molecule has 0 unspecified atom stereocenters. The molecule has 0 saturated carbocycles. The molecule has 0 spiro atoms. The Morgan fingerprint density at radius 1 is 0.973 bits per heavy atom. The number of hydrogen-bond acceptors (Lipinski definition) is 7. The van der Waals surface area contributed by atoms with Crippen LogP contribution in [-0.4, -0.2) is 19.7 Å². The molecule has 0 aliphatic carbocycles. The van der Waals surface area contributed by atoms with Crippen molar-refractivity contribution in [3.05, 3.63) is 83.4 Å². The highest BCUT2D eigenvalue weighted by atomic mass is 19.3. The first kappa shape index (κ1) is 27.3. The predicted molar refractivity (Wildman–Crippen MR) is 138 cm³/mol. The summed E-state index contributed by atoms with van der Waals surface area (Å²) in [6.07, 6.45) is 0.895. The van der Waals surface area contributed by atoms with Gasteiger partial charge in [-0.25, -0.2) is 4.79 Å². The molecular formula is C28H30F2N2O5. The number of ether oxygens (including phenoxy) is 4. The number of esters is 1. The van der Waals surface area contributed by atoms with Crippen molar-refractivity contribution in [2.45, 2.75) is 32.5 Å². The van der Waals surface area contributed by atoms with Gasteiger partial charge in [0.1, 0.15) is 12.4 Å². The van der Waals surface area contributed by atoms with E-state index in [1.54, 1.807) is 18.2 Å². The standard InChI is InChI=1S/C28H30F2N2O5/c1-3-4-13-35-25-11-10-24(17-26(25)34-2)37-28(29,30)21-8-5-19(6-9-21)7-12-27(33)36-18-20-14-22(31)16-23(32)15-20/h5-12,14-17H,3-4,13,18,31-32H2,1-2H3/b12-7+. The monoisotopic (exact) mass is 512 g/mol. The van der Waals surface area contributed by atoms with Crippen molar-refractivity contribution in [3.63, 3.8) is 0 Å². The summed E-state index contributed by atoms with van der Waals surface area (Å²) < 4.78 is 50.6. The third-order valence-electron chi connectivity index (χ3n) is 5.21. The number of hydrogen-bond donors (Lipinski definition) is 2. The summed E-state index contributed by atoms with van der Waals surface area (Å²) in [6, 6.07) is 14.5. The van der Waals surface area contributed by atoms with Gasteiger partial charge in [0, 0.05) is 23.5 Å². The molecule has 3 aromatic carbocycles. The number of halogens is 2. The molecule has 9 heteroatoms. The molecule has 0 heterocycles. The van der Waals surface area contributed by atoms with Crippen molar-refractivity contribution in [1.29, 1.82) is 0 Å². The van der Waals surface area contributed by atoms with Crippen LogP contribution in [0.15, 0.2) is 66.7 Å². The van der Waals surface area contributed by atoms with E-state index >= 15 is 0 Å². The molecule has 0 aromatic heterocycles. The van der Waals surface area contributed by atoms with Gasteiger partial charge >= 0.3 is 12.1 Å². The zero-order chi connectivity index (χ0) is 26.8. The minimum absolute atomic E-state index is 0.00244. The number of carbonyl (C=O) groups is 1. The number of methoxy groups -OCH3 is 1. The molecule has 0 radical (unpaired) electrons. The van der Waals surface area contributed by atoms with Crippen molar-refractivity contribution >= 4 is 23.4 Å². The van der Waals surface area contributed by atoms with Gasteiger partial charge in [-0.2, -0.15) is 8.78 Å². The van der Waals surface area contributed by atoms with Gasteiger partial charge in [0.15, 0.2) is 11.5 Å². The fourth-order valence-electron chi connectivity index (χ4n) is 3.35. The highest BCUT2D eigenvalue weighted by Gasteiger charge is 2.34. The Kier molecular flexibility index (Phi) is 9.32. The summed E-state index contributed by atoms with van der Waals surface area (Å²) in [5.41, 5.74) is 13.2. The molecule has 37 heavy (non-hydrogen) atoms. The second-order valence-corrected chi connectivity index (χ2v) is 8.20. The van der Waals surface area contributed by atoms with Crippen LogP contribution < -0.4 is 25.7 Å². The molecule has 0 fully saturated rings. The molecule has 0 saturated heterocycles. The molecule has 0 atom stereocenters. The number of carbonyl (C=O) groups excluding carboxylic acids is 1. The molecule has 0 bridgehead atoms. The lowest BCUT2D eigenvalue weighted by Gasteiger charge is -2.19. The zero-order valence-corrected chi connectivity index (χ0v) is 20.7. The topological polar surface area (TPSA) is 106 Å². The first-order chi connectivity index (χ1) is 17.7. The van der Waals surface area contributed by atoms with Gasteiger partial charge in [0.25, 0.3) is 0 Å². The van der Waals surface area contributed by atoms with Crippen LogP contribution in [0.4, 0.5) is 20.2 Å². The van der Waals surface area contributed by atoms with E-state index in [0.29, 0.717) is 40.6 Å². The van der Waals surface area contributed by atoms with E-state index in [1.165, 1.54) is 61.7 Å². The molecule has 0 amide bonds. The number of nitrogen functional groups attached to an aromatic ring is 2. The van der Waals surface area contributed by atoms with Gasteiger partial charge in [-0.05, 0) is 66.1 Å². The van der Waals surface area contributed by atoms with Gasteiger partial charge < -0.3 is 30.4 Å². The second kappa shape index (κ2) is 12.6. The number of benzene rings is 3. The summed E-state index contributed by atoms with van der Waals surface area (Å²) in [4.78, 5) is 12.0. The minimum atomic E-state index is -3.60. The van der Waals surface area contributed by atoms with E-state index in [0.717, 1.165) is 12.8 Å². The summed E-state index contributed by atoms with van der Waals surface area (Å²) >= 11 is 0. The van der Waals surface area contributed by atoms with Crippen LogP contribution >= 0.6 is 0 Å². The molecule has 0 aliphatic rings. The maximum atomic E-state index is 14.8. The van der Waals surface area contributed by atoms with Crippen molar-refractivity contribution in [2.75, 3.05) is 25.2 Å². The maximum absolute atomic E-state index is 14.8. The largest absolute Gasteiger partial charge is 0.493 e. The summed E-state index contributed by atoms with van der Waals surface area (Å²) in [6.45, 7) is 2.54. The lowest BCUT2D eigenvalue weighted by atomic mass is 10.1. The Bertz CT molecular complexity index is 1210. The Labute approximate surface area is 214 Å². The van der Waals surface area contributed by atoms with Gasteiger partial charge in [0.2, 0.25) is 0 Å². The van der Waals surface area contributed by atoms with Gasteiger partial charge in [-0.15, -0.1) is 0 Å². The van der Waals surface area contributed by atoms with Crippen LogP contribution in [-0.2, 0) is 22.2 Å². The van der Waals surface area contributed by atoms with Crippen LogP contribution in [0, 0.1) is 0 Å². The maximum Gasteiger partial charge on any atom is 0.426 e. The lowest BCUT2D eigenvalue weighted by molar-refractivity contribution is -0.185. The fraction of sp³-hybridized carbons (Fsp3) is 0.250. The van der Waals surface area contributed by atoms with Crippen LogP contribution in [0.25, 0.3) is 6.08 Å². The van der Waals surface area contributed by atoms with Crippen molar-refractivity contribution in [1.82, 2.24) is 0 Å². The van der Waals surface area contributed by atoms with Crippen LogP contribution in [0.5, 0.6) is 17.2 Å². The van der Waals surface area contributed by atoms with Crippen LogP contribution in [0.3, 0.4) is 0 Å². The predicted octanol–water partition coefficient (Wildman–Crippen LogP) is 5.92. The molecule has 196 valence electrons. The number of unbranched alkanes of at least 4 members (excludes halogenated alkanes) is 1. The molecule has 3 aromatic rings. The van der Waals surface area contributed by atoms with E-state index in [4.69, 9.17) is 30.4 Å². The highest BCUT2D eigenvalue weighted by Crippen LogP contribution is 2.36. The SMILES string of the molecule is CCCCOc1ccc(OC(F)(F)c2ccc(/C=C/C(=O)OCc3cc(N)cc(N)c3)cc2)cc1OC. The van der Waals surface area contributed by atoms with Crippen molar-refractivity contribution in [2.24, 2.45) is 0 Å². The average Bonchev–Trinajstić information content (AvgIpc) is 2.86. The number of alkyl halides is 2. The smallest absolute Gasteiger partial charge is 0.426 e. The Morgan fingerprint density at radius 3 is 2.32 bits per heavy atom. The normalized spacial score (nSPS) is 11.4. The van der Waals surface area contributed by atoms with E-state index in [9.17, 15) is 13.6 Å². The summed E-state index contributed by atoms with van der Waals surface area (Å²) in [5, 5.41) is 0. The van der Waals surface area contributed by atoms with Gasteiger partial charge in [-0.1, -0.05) is 25.5 Å². The molecule has 7 nitrogen and oxygen atoms in total. The molecule has 3 rings (SSSR count). The lowest BCUT2D eigenvalue weighted by Crippen LogP contribution is -2.21. The Hall–Kier alpha value is -4.27. The van der Waals surface area contributed by atoms with Crippen LogP contribution in [0.2, 0.25) is 0 Å². The third kappa shape index (κ3) is 8.13. The zero-order valence-electron chi connectivity index (χ0n) is 20.7. The minimum Gasteiger partial charge on any atom is -0.493 e. The second-order valence-electron chi connectivity index (χ2n) is 8.20. The Morgan fingerprint density at radius 2 is 1.68 bits per heavy atom. The Balaban J connectivity index is 1.59. The third-order valence-corrected chi connectivity index (χ3v) is 5.21. The van der Waals surface area contributed by atoms with E-state index in [-0.39, 0.29) is 17.9 Å². The van der Waals surface area contributed by atoms with Crippen molar-refractivity contribution < 1.29 is 32.5 Å². The fourth-order valence-corrected chi connectivity index (χ4v) is 3.35. The van der Waals surface area contributed by atoms with Crippen LogP contribution in [0.1, 0.15) is 36.5 Å². The summed E-state index contributed by atoms with van der Waals surface area (Å²) in [5.74, 6) is 0.0856. The first-order valence-electron chi connectivity index (χ1n) is 11.7. The number of anilines is 2. The number of rotatable bonds is 12. The van der Waals surface area contributed by atoms with E-state index in [1.807, 2.05) is 6.92 Å². The highest BCUT2D eigenvalue weighted by molar-refractivity contribution is 5.87. The van der Waals surface area contributed by atoms with E-state index < -0.39 is 12.1 Å².